The summed E-state index contributed by atoms with van der Waals surface area (Å²) in [5.74, 6) is 0.171. The highest BCUT2D eigenvalue weighted by molar-refractivity contribution is 6.00. The molecule has 16 heavy (non-hydrogen) atoms. The minimum Gasteiger partial charge on any atom is -0.409 e. The summed E-state index contributed by atoms with van der Waals surface area (Å²) in [5.41, 5.74) is 6.90. The monoisotopic (exact) mass is 219 g/mol. The first-order valence-electron chi connectivity index (χ1n) is 5.10. The van der Waals surface area contributed by atoms with Crippen molar-refractivity contribution in [3.8, 4) is 0 Å². The van der Waals surface area contributed by atoms with Crippen LogP contribution < -0.4 is 10.6 Å². The molecule has 0 bridgehead atoms. The van der Waals surface area contributed by atoms with Crippen molar-refractivity contribution in [3.05, 3.63) is 29.8 Å². The lowest BCUT2D eigenvalue weighted by Gasteiger charge is -2.16. The number of hydrogen-bond acceptors (Lipinski definition) is 3. The fourth-order valence-electron chi connectivity index (χ4n) is 1.81. The number of amides is 1. The Labute approximate surface area is 93.2 Å². The summed E-state index contributed by atoms with van der Waals surface area (Å²) in [6.07, 6.45) is 1.47. The lowest BCUT2D eigenvalue weighted by molar-refractivity contribution is -0.117. The summed E-state index contributed by atoms with van der Waals surface area (Å²) in [5, 5.41) is 11.5. The predicted octanol–water partition coefficient (Wildman–Crippen LogP) is 0.908. The second kappa shape index (κ2) is 4.22. The summed E-state index contributed by atoms with van der Waals surface area (Å²) in [6.45, 7) is 0.735. The molecule has 1 heterocycles. The van der Waals surface area contributed by atoms with E-state index < -0.39 is 0 Å². The lowest BCUT2D eigenvalue weighted by Crippen LogP contribution is -2.24. The number of benzene rings is 1. The van der Waals surface area contributed by atoms with Gasteiger partial charge in [-0.1, -0.05) is 17.3 Å². The summed E-state index contributed by atoms with van der Waals surface area (Å²) >= 11 is 0. The van der Waals surface area contributed by atoms with Gasteiger partial charge in [0.25, 0.3) is 0 Å². The van der Waals surface area contributed by atoms with Gasteiger partial charge in [-0.15, -0.1) is 0 Å². The van der Waals surface area contributed by atoms with E-state index in [2.05, 4.69) is 5.16 Å². The number of rotatable bonds is 2. The maximum Gasteiger partial charge on any atom is 0.227 e. The van der Waals surface area contributed by atoms with Crippen LogP contribution in [0.25, 0.3) is 0 Å². The number of carbonyl (C=O) groups excluding carboxylic acids is 1. The molecule has 0 radical (unpaired) electrons. The van der Waals surface area contributed by atoms with Crippen molar-refractivity contribution in [2.24, 2.45) is 10.9 Å². The highest BCUT2D eigenvalue weighted by Gasteiger charge is 2.21. The minimum absolute atomic E-state index is 0.0495. The van der Waals surface area contributed by atoms with Crippen LogP contribution in [0, 0.1) is 0 Å². The molecule has 5 heteroatoms. The molecule has 2 rings (SSSR count). The van der Waals surface area contributed by atoms with E-state index in [9.17, 15) is 4.79 Å². The Morgan fingerprint density at radius 3 is 2.94 bits per heavy atom. The first kappa shape index (κ1) is 10.5. The number of hydrogen-bond donors (Lipinski definition) is 2. The molecule has 0 aliphatic carbocycles. The number of anilines is 1. The Kier molecular flexibility index (Phi) is 2.76. The molecule has 84 valence electrons. The molecule has 0 aromatic heterocycles. The van der Waals surface area contributed by atoms with Crippen molar-refractivity contribution in [1.82, 2.24) is 0 Å². The van der Waals surface area contributed by atoms with Gasteiger partial charge in [-0.25, -0.2) is 0 Å². The van der Waals surface area contributed by atoms with Crippen molar-refractivity contribution >= 4 is 17.4 Å². The van der Waals surface area contributed by atoms with E-state index in [1.165, 1.54) is 0 Å². The zero-order chi connectivity index (χ0) is 11.5. The smallest absolute Gasteiger partial charge is 0.227 e. The third-order valence-corrected chi connectivity index (χ3v) is 2.63. The van der Waals surface area contributed by atoms with E-state index in [0.717, 1.165) is 18.7 Å². The van der Waals surface area contributed by atoms with Gasteiger partial charge in [0.2, 0.25) is 5.91 Å². The van der Waals surface area contributed by atoms with Crippen molar-refractivity contribution in [2.75, 3.05) is 11.4 Å². The molecule has 1 aromatic carbocycles. The van der Waals surface area contributed by atoms with E-state index in [0.29, 0.717) is 12.0 Å². The second-order valence-corrected chi connectivity index (χ2v) is 3.68. The zero-order valence-corrected chi connectivity index (χ0v) is 8.76. The van der Waals surface area contributed by atoms with Gasteiger partial charge < -0.3 is 15.8 Å². The Balaban J connectivity index is 2.32. The average molecular weight is 219 g/mol. The predicted molar refractivity (Wildman–Crippen MR) is 60.5 cm³/mol. The largest absolute Gasteiger partial charge is 0.409 e. The standard InChI is InChI=1S/C11H13N3O2/c12-11(13-16)8-3-1-4-9(7-8)14-6-2-5-10(14)15/h1,3-4,7,16H,2,5-6H2,(H2,12,13). The van der Waals surface area contributed by atoms with Crippen molar-refractivity contribution in [3.63, 3.8) is 0 Å². The maximum absolute atomic E-state index is 11.5. The topological polar surface area (TPSA) is 78.9 Å². The van der Waals surface area contributed by atoms with Gasteiger partial charge in [0, 0.05) is 24.2 Å². The molecule has 1 aromatic rings. The summed E-state index contributed by atoms with van der Waals surface area (Å²) in [7, 11) is 0. The van der Waals surface area contributed by atoms with E-state index in [-0.39, 0.29) is 11.7 Å². The highest BCUT2D eigenvalue weighted by Crippen LogP contribution is 2.22. The molecule has 0 saturated carbocycles. The number of amidine groups is 1. The van der Waals surface area contributed by atoms with Gasteiger partial charge in [-0.2, -0.15) is 0 Å². The second-order valence-electron chi connectivity index (χ2n) is 3.68. The van der Waals surface area contributed by atoms with E-state index in [1.54, 1.807) is 23.1 Å². The molecule has 1 aliphatic rings. The first-order chi connectivity index (χ1) is 7.72. The summed E-state index contributed by atoms with van der Waals surface area (Å²) < 4.78 is 0. The van der Waals surface area contributed by atoms with E-state index in [4.69, 9.17) is 10.9 Å². The van der Waals surface area contributed by atoms with Gasteiger partial charge >= 0.3 is 0 Å². The number of oxime groups is 1. The van der Waals surface area contributed by atoms with Crippen LogP contribution in [-0.2, 0) is 4.79 Å². The number of carbonyl (C=O) groups is 1. The Morgan fingerprint density at radius 2 is 2.31 bits per heavy atom. The van der Waals surface area contributed by atoms with Crippen LogP contribution in [0.1, 0.15) is 18.4 Å². The number of nitrogens with two attached hydrogens (primary N) is 1. The van der Waals surface area contributed by atoms with Crippen molar-refractivity contribution in [2.45, 2.75) is 12.8 Å². The normalized spacial score (nSPS) is 16.9. The first-order valence-corrected chi connectivity index (χ1v) is 5.10. The van der Waals surface area contributed by atoms with Crippen LogP contribution in [-0.4, -0.2) is 23.5 Å². The Bertz CT molecular complexity index is 443. The number of nitrogens with zero attached hydrogens (tertiary/aromatic N) is 2. The van der Waals surface area contributed by atoms with Crippen LogP contribution in [0.4, 0.5) is 5.69 Å². The average Bonchev–Trinajstić information content (AvgIpc) is 2.74. The van der Waals surface area contributed by atoms with E-state index in [1.807, 2.05) is 6.07 Å². The fourth-order valence-corrected chi connectivity index (χ4v) is 1.81. The van der Waals surface area contributed by atoms with Crippen LogP contribution in [0.5, 0.6) is 0 Å². The molecule has 0 spiro atoms. The van der Waals surface area contributed by atoms with E-state index >= 15 is 0 Å². The molecule has 1 amide bonds. The lowest BCUT2D eigenvalue weighted by atomic mass is 10.2. The van der Waals surface area contributed by atoms with Gasteiger partial charge in [0.15, 0.2) is 5.84 Å². The van der Waals surface area contributed by atoms with Gasteiger partial charge in [-0.3, -0.25) is 4.79 Å². The minimum atomic E-state index is 0.0495. The zero-order valence-electron chi connectivity index (χ0n) is 8.76. The van der Waals surface area contributed by atoms with Crippen LogP contribution in [0.2, 0.25) is 0 Å². The third-order valence-electron chi connectivity index (χ3n) is 2.63. The third kappa shape index (κ3) is 1.84. The molecule has 1 saturated heterocycles. The molecule has 5 nitrogen and oxygen atoms in total. The molecule has 0 unspecified atom stereocenters. The fraction of sp³-hybridized carbons (Fsp3) is 0.273. The van der Waals surface area contributed by atoms with Crippen LogP contribution in [0.15, 0.2) is 29.4 Å². The molecular weight excluding hydrogens is 206 g/mol. The van der Waals surface area contributed by atoms with Gasteiger partial charge in [0.1, 0.15) is 0 Å². The Morgan fingerprint density at radius 1 is 1.50 bits per heavy atom. The summed E-state index contributed by atoms with van der Waals surface area (Å²) in [6, 6.07) is 7.11. The molecule has 1 aliphatic heterocycles. The highest BCUT2D eigenvalue weighted by atomic mass is 16.4. The molecule has 1 fully saturated rings. The summed E-state index contributed by atoms with van der Waals surface area (Å²) in [4.78, 5) is 13.3. The maximum atomic E-state index is 11.5. The quantitative estimate of drug-likeness (QED) is 0.336. The Hall–Kier alpha value is -2.04. The van der Waals surface area contributed by atoms with Crippen LogP contribution in [0.3, 0.4) is 0 Å². The van der Waals surface area contributed by atoms with Crippen molar-refractivity contribution < 1.29 is 10.0 Å². The molecule has 0 atom stereocenters. The van der Waals surface area contributed by atoms with Crippen molar-refractivity contribution in [1.29, 1.82) is 0 Å². The van der Waals surface area contributed by atoms with Crippen LogP contribution >= 0.6 is 0 Å². The van der Waals surface area contributed by atoms with Gasteiger partial charge in [-0.05, 0) is 18.6 Å². The van der Waals surface area contributed by atoms with Gasteiger partial charge in [0.05, 0.1) is 0 Å². The molecular formula is C11H13N3O2. The SMILES string of the molecule is NC(=NO)c1cccc(N2CCCC2=O)c1. The molecule has 3 N–H and O–H groups in total.